The van der Waals surface area contributed by atoms with E-state index in [1.54, 1.807) is 13.1 Å². The van der Waals surface area contributed by atoms with Gasteiger partial charge in [-0.1, -0.05) is 19.9 Å². The molecule has 14 heavy (non-hydrogen) atoms. The Hall–Kier alpha value is -1.12. The molecule has 1 saturated heterocycles. The number of hydrogen-bond acceptors (Lipinski definition) is 2. The van der Waals surface area contributed by atoms with E-state index in [-0.39, 0.29) is 23.1 Å². The van der Waals surface area contributed by atoms with Crippen LogP contribution in [-0.4, -0.2) is 23.8 Å². The second kappa shape index (κ2) is 3.56. The second-order valence-corrected chi connectivity index (χ2v) is 4.53. The molecule has 1 aliphatic heterocycles. The molecule has 1 unspecified atom stereocenters. The number of carbonyl (C=O) groups excluding carboxylic acids is 2. The van der Waals surface area contributed by atoms with Crippen molar-refractivity contribution >= 4 is 11.8 Å². The van der Waals surface area contributed by atoms with E-state index in [0.29, 0.717) is 6.42 Å². The first-order valence-electron chi connectivity index (χ1n) is 4.81. The van der Waals surface area contributed by atoms with Gasteiger partial charge in [0.2, 0.25) is 11.8 Å². The van der Waals surface area contributed by atoms with Crippen LogP contribution in [0.15, 0.2) is 12.7 Å². The van der Waals surface area contributed by atoms with Crippen molar-refractivity contribution in [3.63, 3.8) is 0 Å². The van der Waals surface area contributed by atoms with E-state index in [9.17, 15) is 9.59 Å². The van der Waals surface area contributed by atoms with Crippen molar-refractivity contribution in [2.24, 2.45) is 11.3 Å². The standard InChI is InChI=1S/C11H17NO2/c1-5-6-11(2,3)8-7-9(13)12(4)10(8)14/h5,8H,1,6-7H2,2-4H3. The molecule has 0 bridgehead atoms. The molecule has 1 aliphatic rings. The van der Waals surface area contributed by atoms with Crippen LogP contribution >= 0.6 is 0 Å². The van der Waals surface area contributed by atoms with Crippen molar-refractivity contribution in [1.29, 1.82) is 0 Å². The Morgan fingerprint density at radius 1 is 1.57 bits per heavy atom. The average Bonchev–Trinajstić information content (AvgIpc) is 2.33. The number of rotatable bonds is 3. The van der Waals surface area contributed by atoms with E-state index in [1.165, 1.54) is 4.90 Å². The zero-order valence-electron chi connectivity index (χ0n) is 9.04. The van der Waals surface area contributed by atoms with Gasteiger partial charge >= 0.3 is 0 Å². The van der Waals surface area contributed by atoms with Gasteiger partial charge in [-0.25, -0.2) is 0 Å². The molecule has 1 rings (SSSR count). The van der Waals surface area contributed by atoms with Crippen LogP contribution < -0.4 is 0 Å². The number of nitrogens with zero attached hydrogens (tertiary/aromatic N) is 1. The van der Waals surface area contributed by atoms with Crippen molar-refractivity contribution in [3.05, 3.63) is 12.7 Å². The predicted octanol–water partition coefficient (Wildman–Crippen LogP) is 1.59. The Kier molecular flexibility index (Phi) is 2.79. The lowest BCUT2D eigenvalue weighted by Gasteiger charge is -2.28. The van der Waals surface area contributed by atoms with E-state index >= 15 is 0 Å². The molecular formula is C11H17NO2. The highest BCUT2D eigenvalue weighted by Gasteiger charge is 2.44. The zero-order valence-corrected chi connectivity index (χ0v) is 9.04. The van der Waals surface area contributed by atoms with Gasteiger partial charge in [-0.3, -0.25) is 14.5 Å². The smallest absolute Gasteiger partial charge is 0.233 e. The lowest BCUT2D eigenvalue weighted by molar-refractivity contribution is -0.138. The fourth-order valence-electron chi connectivity index (χ4n) is 1.88. The first-order valence-corrected chi connectivity index (χ1v) is 4.81. The van der Waals surface area contributed by atoms with Gasteiger partial charge < -0.3 is 0 Å². The summed E-state index contributed by atoms with van der Waals surface area (Å²) >= 11 is 0. The fraction of sp³-hybridized carbons (Fsp3) is 0.636. The molecule has 3 nitrogen and oxygen atoms in total. The largest absolute Gasteiger partial charge is 0.285 e. The van der Waals surface area contributed by atoms with E-state index in [4.69, 9.17) is 0 Å². The Morgan fingerprint density at radius 2 is 2.14 bits per heavy atom. The third-order valence-corrected chi connectivity index (χ3v) is 3.00. The maximum atomic E-state index is 11.7. The van der Waals surface area contributed by atoms with Crippen molar-refractivity contribution < 1.29 is 9.59 Å². The number of imide groups is 1. The highest BCUT2D eigenvalue weighted by Crippen LogP contribution is 2.38. The molecule has 3 heteroatoms. The minimum atomic E-state index is -0.182. The average molecular weight is 195 g/mol. The molecule has 0 aromatic heterocycles. The second-order valence-electron chi connectivity index (χ2n) is 4.53. The van der Waals surface area contributed by atoms with Gasteiger partial charge in [0.15, 0.2) is 0 Å². The quantitative estimate of drug-likeness (QED) is 0.506. The van der Waals surface area contributed by atoms with E-state index in [1.807, 2.05) is 13.8 Å². The first kappa shape index (κ1) is 11.0. The number of allylic oxidation sites excluding steroid dienone is 1. The van der Waals surface area contributed by atoms with Crippen molar-refractivity contribution in [2.45, 2.75) is 26.7 Å². The molecule has 1 heterocycles. The van der Waals surface area contributed by atoms with Gasteiger partial charge in [0, 0.05) is 13.5 Å². The predicted molar refractivity (Wildman–Crippen MR) is 54.5 cm³/mol. The SMILES string of the molecule is C=CCC(C)(C)C1CC(=O)N(C)C1=O. The highest BCUT2D eigenvalue weighted by atomic mass is 16.2. The molecular weight excluding hydrogens is 178 g/mol. The zero-order chi connectivity index (χ0) is 10.9. The van der Waals surface area contributed by atoms with Crippen LogP contribution in [0.4, 0.5) is 0 Å². The molecule has 1 fully saturated rings. The van der Waals surface area contributed by atoms with Gasteiger partial charge in [0.1, 0.15) is 0 Å². The molecule has 0 aromatic rings. The summed E-state index contributed by atoms with van der Waals surface area (Å²) in [5, 5.41) is 0. The van der Waals surface area contributed by atoms with E-state index in [2.05, 4.69) is 6.58 Å². The summed E-state index contributed by atoms with van der Waals surface area (Å²) in [4.78, 5) is 24.3. The van der Waals surface area contributed by atoms with Gasteiger partial charge in [0.05, 0.1) is 5.92 Å². The first-order chi connectivity index (χ1) is 6.40. The molecule has 78 valence electrons. The lowest BCUT2D eigenvalue weighted by Crippen LogP contribution is -2.32. The molecule has 0 saturated carbocycles. The van der Waals surface area contributed by atoms with Crippen LogP contribution in [0, 0.1) is 11.3 Å². The maximum absolute atomic E-state index is 11.7. The molecule has 0 spiro atoms. The van der Waals surface area contributed by atoms with Crippen LogP contribution in [0.2, 0.25) is 0 Å². The van der Waals surface area contributed by atoms with E-state index < -0.39 is 0 Å². The summed E-state index contributed by atoms with van der Waals surface area (Å²) in [6.07, 6.45) is 2.90. The number of hydrogen-bond donors (Lipinski definition) is 0. The third-order valence-electron chi connectivity index (χ3n) is 3.00. The normalized spacial score (nSPS) is 23.1. The van der Waals surface area contributed by atoms with Crippen LogP contribution in [-0.2, 0) is 9.59 Å². The Morgan fingerprint density at radius 3 is 2.50 bits per heavy atom. The Balaban J connectivity index is 2.85. The van der Waals surface area contributed by atoms with E-state index in [0.717, 1.165) is 6.42 Å². The minimum absolute atomic E-state index is 0.0538. The molecule has 1 atom stereocenters. The van der Waals surface area contributed by atoms with Gasteiger partial charge in [-0.05, 0) is 11.8 Å². The summed E-state index contributed by atoms with van der Waals surface area (Å²) in [6.45, 7) is 7.68. The summed E-state index contributed by atoms with van der Waals surface area (Å²) < 4.78 is 0. The van der Waals surface area contributed by atoms with Crippen LogP contribution in [0.1, 0.15) is 26.7 Å². The molecule has 0 aromatic carbocycles. The number of amides is 2. The monoisotopic (exact) mass is 195 g/mol. The van der Waals surface area contributed by atoms with Crippen molar-refractivity contribution in [3.8, 4) is 0 Å². The molecule has 0 N–H and O–H groups in total. The Bertz CT molecular complexity index is 281. The molecule has 2 amide bonds. The van der Waals surface area contributed by atoms with Gasteiger partial charge in [-0.2, -0.15) is 0 Å². The summed E-state index contributed by atoms with van der Waals surface area (Å²) in [5.74, 6) is -0.308. The summed E-state index contributed by atoms with van der Waals surface area (Å²) in [6, 6.07) is 0. The molecule has 0 radical (unpaired) electrons. The van der Waals surface area contributed by atoms with Gasteiger partial charge in [-0.15, -0.1) is 6.58 Å². The summed E-state index contributed by atoms with van der Waals surface area (Å²) in [7, 11) is 1.55. The van der Waals surface area contributed by atoms with Crippen LogP contribution in [0.5, 0.6) is 0 Å². The van der Waals surface area contributed by atoms with Crippen molar-refractivity contribution in [2.75, 3.05) is 7.05 Å². The fourth-order valence-corrected chi connectivity index (χ4v) is 1.88. The van der Waals surface area contributed by atoms with Crippen LogP contribution in [0.3, 0.4) is 0 Å². The minimum Gasteiger partial charge on any atom is -0.285 e. The maximum Gasteiger partial charge on any atom is 0.233 e. The summed E-state index contributed by atoms with van der Waals surface area (Å²) in [5.41, 5.74) is -0.167. The number of carbonyl (C=O) groups is 2. The Labute approximate surface area is 84.8 Å². The van der Waals surface area contributed by atoms with Crippen molar-refractivity contribution in [1.82, 2.24) is 4.90 Å². The third kappa shape index (κ3) is 1.72. The topological polar surface area (TPSA) is 37.4 Å². The molecule has 0 aliphatic carbocycles. The van der Waals surface area contributed by atoms with Crippen LogP contribution in [0.25, 0.3) is 0 Å². The van der Waals surface area contributed by atoms with Gasteiger partial charge in [0.25, 0.3) is 0 Å². The number of likely N-dealkylation sites (tertiary alicyclic amines) is 1. The highest BCUT2D eigenvalue weighted by molar-refractivity contribution is 6.03. The lowest BCUT2D eigenvalue weighted by atomic mass is 9.75.